The third-order valence-corrected chi connectivity index (χ3v) is 5.25. The number of hydrogen-bond acceptors (Lipinski definition) is 5. The number of aryl methyl sites for hydroxylation is 2. The second-order valence-electron chi connectivity index (χ2n) is 7.48. The summed E-state index contributed by atoms with van der Waals surface area (Å²) in [6.07, 6.45) is 9.22. The Bertz CT molecular complexity index is 1240. The zero-order chi connectivity index (χ0) is 21.2. The number of carbonyl (C=O) groups is 1. The summed E-state index contributed by atoms with van der Waals surface area (Å²) >= 11 is 0. The van der Waals surface area contributed by atoms with Crippen LogP contribution in [0.15, 0.2) is 61.2 Å². The highest BCUT2D eigenvalue weighted by Crippen LogP contribution is 2.29. The monoisotopic (exact) mass is 414 g/mol. The first-order valence-corrected chi connectivity index (χ1v) is 10.2. The first-order chi connectivity index (χ1) is 15.2. The van der Waals surface area contributed by atoms with Crippen LogP contribution >= 0.6 is 0 Å². The van der Waals surface area contributed by atoms with Crippen molar-refractivity contribution in [1.29, 1.82) is 0 Å². The minimum atomic E-state index is -0.266. The Morgan fingerprint density at radius 2 is 2.06 bits per heavy atom. The zero-order valence-corrected chi connectivity index (χ0v) is 17.2. The van der Waals surface area contributed by atoms with Crippen molar-refractivity contribution in [2.45, 2.75) is 19.4 Å². The molecule has 8 nitrogen and oxygen atoms in total. The van der Waals surface area contributed by atoms with Crippen molar-refractivity contribution in [2.24, 2.45) is 7.05 Å². The highest BCUT2D eigenvalue weighted by Gasteiger charge is 2.17. The Kier molecular flexibility index (Phi) is 4.95. The Balaban J connectivity index is 1.52. The molecule has 0 fully saturated rings. The van der Waals surface area contributed by atoms with Crippen LogP contribution in [0.1, 0.15) is 23.2 Å². The number of aromatic nitrogens is 5. The molecule has 2 bridgehead atoms. The van der Waals surface area contributed by atoms with Gasteiger partial charge < -0.3 is 14.6 Å². The van der Waals surface area contributed by atoms with E-state index in [4.69, 9.17) is 4.74 Å². The lowest BCUT2D eigenvalue weighted by Crippen LogP contribution is -2.16. The van der Waals surface area contributed by atoms with E-state index < -0.39 is 0 Å². The number of nitrogens with zero attached hydrogens (tertiary/aromatic N) is 5. The molecule has 0 atom stereocenters. The van der Waals surface area contributed by atoms with Crippen LogP contribution in [0.2, 0.25) is 0 Å². The fraction of sp³-hybridized carbons (Fsp3) is 0.217. The van der Waals surface area contributed by atoms with Gasteiger partial charge in [0.15, 0.2) is 5.82 Å². The van der Waals surface area contributed by atoms with E-state index in [1.807, 2.05) is 43.7 Å². The van der Waals surface area contributed by atoms with Gasteiger partial charge in [0, 0.05) is 37.7 Å². The van der Waals surface area contributed by atoms with Crippen LogP contribution in [0.3, 0.4) is 0 Å². The van der Waals surface area contributed by atoms with Crippen LogP contribution in [0, 0.1) is 0 Å². The maximum atomic E-state index is 13.1. The van der Waals surface area contributed by atoms with Gasteiger partial charge in [0.25, 0.3) is 5.91 Å². The molecule has 3 aromatic heterocycles. The summed E-state index contributed by atoms with van der Waals surface area (Å²) in [4.78, 5) is 22.1. The molecule has 1 aromatic carbocycles. The van der Waals surface area contributed by atoms with Gasteiger partial charge in [-0.25, -0.2) is 9.97 Å². The molecule has 31 heavy (non-hydrogen) atoms. The quantitative estimate of drug-likeness (QED) is 0.512. The Morgan fingerprint density at radius 1 is 1.13 bits per heavy atom. The maximum Gasteiger partial charge on any atom is 0.260 e. The molecule has 0 saturated carbocycles. The molecule has 4 heterocycles. The van der Waals surface area contributed by atoms with Crippen molar-refractivity contribution in [3.05, 3.63) is 66.7 Å². The van der Waals surface area contributed by atoms with Crippen LogP contribution in [0.25, 0.3) is 22.6 Å². The minimum Gasteiger partial charge on any atom is -0.493 e. The van der Waals surface area contributed by atoms with Gasteiger partial charge in [0.2, 0.25) is 0 Å². The van der Waals surface area contributed by atoms with Crippen LogP contribution in [0.4, 0.5) is 5.82 Å². The second-order valence-corrected chi connectivity index (χ2v) is 7.48. The fourth-order valence-corrected chi connectivity index (χ4v) is 3.68. The van der Waals surface area contributed by atoms with Gasteiger partial charge >= 0.3 is 0 Å². The van der Waals surface area contributed by atoms with Gasteiger partial charge in [-0.1, -0.05) is 12.1 Å². The lowest BCUT2D eigenvalue weighted by atomic mass is 10.1. The van der Waals surface area contributed by atoms with Crippen LogP contribution in [-0.2, 0) is 13.6 Å². The number of fused-ring (bicyclic) bond motifs is 5. The SMILES string of the molecule is Cn1cc(-c2ccc3c(c2)OCCCCn2ccnc2-c2cccc(n2)NC3=O)cn1. The standard InChI is InChI=1S/C23H22N6O2/c1-28-15-17(14-25-28)16-7-8-18-20(13-16)31-12-3-2-10-29-11-9-24-22(29)19-5-4-6-21(26-19)27-23(18)30/h4-9,11,13-15H,2-3,10,12H2,1H3,(H,26,27,30). The van der Waals surface area contributed by atoms with Crippen molar-refractivity contribution in [3.8, 4) is 28.4 Å². The number of pyridine rings is 1. The Labute approximate surface area is 179 Å². The lowest BCUT2D eigenvalue weighted by Gasteiger charge is -2.15. The van der Waals surface area contributed by atoms with Gasteiger partial charge in [-0.2, -0.15) is 5.10 Å². The van der Waals surface area contributed by atoms with E-state index in [0.29, 0.717) is 23.7 Å². The van der Waals surface area contributed by atoms with E-state index in [1.165, 1.54) is 0 Å². The molecule has 0 unspecified atom stereocenters. The highest BCUT2D eigenvalue weighted by atomic mass is 16.5. The number of ether oxygens (including phenoxy) is 1. The van der Waals surface area contributed by atoms with Crippen LogP contribution < -0.4 is 10.1 Å². The van der Waals surface area contributed by atoms with Crippen molar-refractivity contribution >= 4 is 11.7 Å². The van der Waals surface area contributed by atoms with Gasteiger partial charge in [0.05, 0.1) is 18.4 Å². The number of hydrogen-bond donors (Lipinski definition) is 1. The first kappa shape index (κ1) is 19.0. The molecular formula is C23H22N6O2. The van der Waals surface area contributed by atoms with E-state index in [2.05, 4.69) is 25.0 Å². The molecule has 0 aliphatic carbocycles. The summed E-state index contributed by atoms with van der Waals surface area (Å²) in [7, 11) is 1.87. The smallest absolute Gasteiger partial charge is 0.260 e. The van der Waals surface area contributed by atoms with Crippen LogP contribution in [-0.4, -0.2) is 36.8 Å². The highest BCUT2D eigenvalue weighted by molar-refractivity contribution is 6.06. The minimum absolute atomic E-state index is 0.266. The molecule has 5 rings (SSSR count). The molecule has 4 aromatic rings. The normalized spacial score (nSPS) is 14.0. The van der Waals surface area contributed by atoms with Crippen molar-refractivity contribution in [3.63, 3.8) is 0 Å². The average Bonchev–Trinajstić information content (AvgIpc) is 3.42. The molecular weight excluding hydrogens is 392 g/mol. The van der Waals surface area contributed by atoms with Gasteiger partial charge in [-0.05, 0) is 42.7 Å². The summed E-state index contributed by atoms with van der Waals surface area (Å²) in [6.45, 7) is 1.34. The molecule has 0 saturated heterocycles. The molecule has 1 amide bonds. The predicted molar refractivity (Wildman–Crippen MR) is 117 cm³/mol. The molecule has 0 spiro atoms. The number of benzene rings is 1. The number of carbonyl (C=O) groups excluding carboxylic acids is 1. The van der Waals surface area contributed by atoms with Crippen LogP contribution in [0.5, 0.6) is 5.75 Å². The second kappa shape index (κ2) is 8.06. The van der Waals surface area contributed by atoms with E-state index >= 15 is 0 Å². The molecule has 156 valence electrons. The average molecular weight is 414 g/mol. The maximum absolute atomic E-state index is 13.1. The number of rotatable bonds is 1. The van der Waals surface area contributed by atoms with Gasteiger partial charge in [-0.15, -0.1) is 0 Å². The Morgan fingerprint density at radius 3 is 2.94 bits per heavy atom. The number of imidazole rings is 1. The van der Waals surface area contributed by atoms with Crippen molar-refractivity contribution in [2.75, 3.05) is 11.9 Å². The summed E-state index contributed by atoms with van der Waals surface area (Å²) in [5.74, 6) is 1.54. The molecule has 1 aliphatic heterocycles. The summed E-state index contributed by atoms with van der Waals surface area (Å²) < 4.78 is 9.89. The topological polar surface area (TPSA) is 86.9 Å². The molecule has 1 N–H and O–H groups in total. The van der Waals surface area contributed by atoms with Gasteiger partial charge in [0.1, 0.15) is 17.3 Å². The fourth-order valence-electron chi connectivity index (χ4n) is 3.68. The zero-order valence-electron chi connectivity index (χ0n) is 17.2. The molecule has 8 heteroatoms. The molecule has 0 radical (unpaired) electrons. The third kappa shape index (κ3) is 3.92. The number of amides is 1. The van der Waals surface area contributed by atoms with E-state index in [0.717, 1.165) is 42.0 Å². The van der Waals surface area contributed by atoms with Crippen molar-refractivity contribution < 1.29 is 9.53 Å². The van der Waals surface area contributed by atoms with E-state index in [9.17, 15) is 4.79 Å². The first-order valence-electron chi connectivity index (χ1n) is 10.2. The summed E-state index contributed by atoms with van der Waals surface area (Å²) in [6, 6.07) is 11.1. The number of nitrogens with one attached hydrogen (secondary N) is 1. The predicted octanol–water partition coefficient (Wildman–Crippen LogP) is 3.77. The molecule has 1 aliphatic rings. The summed E-state index contributed by atoms with van der Waals surface area (Å²) in [5, 5.41) is 7.13. The van der Waals surface area contributed by atoms with Crippen molar-refractivity contribution in [1.82, 2.24) is 24.3 Å². The number of anilines is 1. The lowest BCUT2D eigenvalue weighted by molar-refractivity contribution is 0.102. The van der Waals surface area contributed by atoms with Gasteiger partial charge in [-0.3, -0.25) is 9.48 Å². The van der Waals surface area contributed by atoms with E-state index in [-0.39, 0.29) is 5.91 Å². The Hall–Kier alpha value is -3.94. The third-order valence-electron chi connectivity index (χ3n) is 5.25. The van der Waals surface area contributed by atoms with E-state index in [1.54, 1.807) is 29.2 Å². The summed E-state index contributed by atoms with van der Waals surface area (Å²) in [5.41, 5.74) is 3.11. The largest absolute Gasteiger partial charge is 0.493 e.